The molecule has 0 radical (unpaired) electrons. The molecule has 1 N–H and O–H groups in total. The maximum Gasteiger partial charge on any atom is 0.220 e. The first-order valence-corrected chi connectivity index (χ1v) is 4.51. The number of oxazole rings is 1. The van der Waals surface area contributed by atoms with E-state index in [9.17, 15) is 0 Å². The number of rotatable bonds is 3. The number of hydrogen-bond acceptors (Lipinski definition) is 4. The van der Waals surface area contributed by atoms with Crippen LogP contribution in [-0.4, -0.2) is 24.2 Å². The summed E-state index contributed by atoms with van der Waals surface area (Å²) in [4.78, 5) is 4.23. The maximum absolute atomic E-state index is 5.51. The molecule has 1 aliphatic heterocycles. The van der Waals surface area contributed by atoms with Gasteiger partial charge < -0.3 is 14.5 Å². The molecule has 1 aromatic rings. The van der Waals surface area contributed by atoms with Crippen LogP contribution in [0, 0.1) is 13.8 Å². The van der Waals surface area contributed by atoms with Gasteiger partial charge in [0.25, 0.3) is 0 Å². The van der Waals surface area contributed by atoms with E-state index < -0.39 is 0 Å². The third-order valence-electron chi connectivity index (χ3n) is 2.26. The van der Waals surface area contributed by atoms with E-state index in [4.69, 9.17) is 9.15 Å². The lowest BCUT2D eigenvalue weighted by Crippen LogP contribution is -2.48. The zero-order valence-corrected chi connectivity index (χ0v) is 7.96. The predicted octanol–water partition coefficient (Wildman–Crippen LogP) is 0.780. The molecule has 0 atom stereocenters. The molecule has 1 saturated heterocycles. The van der Waals surface area contributed by atoms with Gasteiger partial charge in [-0.3, -0.25) is 0 Å². The molecule has 4 heteroatoms. The Balaban J connectivity index is 1.86. The highest BCUT2D eigenvalue weighted by molar-refractivity contribution is 5.04. The minimum atomic E-state index is 0.340. The minimum absolute atomic E-state index is 0.340. The van der Waals surface area contributed by atoms with Crippen LogP contribution in [0.15, 0.2) is 4.42 Å². The molecule has 2 heterocycles. The zero-order valence-electron chi connectivity index (χ0n) is 7.96. The van der Waals surface area contributed by atoms with Crippen molar-refractivity contribution in [2.45, 2.75) is 26.6 Å². The second-order valence-electron chi connectivity index (χ2n) is 3.34. The zero-order chi connectivity index (χ0) is 9.26. The Morgan fingerprint density at radius 2 is 2.31 bits per heavy atom. The van der Waals surface area contributed by atoms with Crippen LogP contribution in [0.2, 0.25) is 0 Å². The molecule has 0 aliphatic carbocycles. The molecule has 2 rings (SSSR count). The Kier molecular flexibility index (Phi) is 2.33. The Hall–Kier alpha value is -0.870. The summed E-state index contributed by atoms with van der Waals surface area (Å²) in [6.07, 6.45) is 0.340. The van der Waals surface area contributed by atoms with Gasteiger partial charge in [-0.2, -0.15) is 0 Å². The molecule has 13 heavy (non-hydrogen) atoms. The predicted molar refractivity (Wildman–Crippen MR) is 47.4 cm³/mol. The molecular weight excluding hydrogens is 168 g/mol. The molecule has 72 valence electrons. The molecule has 0 spiro atoms. The highest BCUT2D eigenvalue weighted by atomic mass is 16.5. The maximum atomic E-state index is 5.51. The normalized spacial score (nSPS) is 17.4. The van der Waals surface area contributed by atoms with E-state index in [2.05, 4.69) is 10.3 Å². The Bertz CT molecular complexity index is 272. The van der Waals surface area contributed by atoms with E-state index in [1.807, 2.05) is 13.8 Å². The quantitative estimate of drug-likeness (QED) is 0.750. The first-order valence-electron chi connectivity index (χ1n) is 4.51. The van der Waals surface area contributed by atoms with Gasteiger partial charge in [-0.15, -0.1) is 0 Å². The lowest BCUT2D eigenvalue weighted by atomic mass is 10.2. The summed E-state index contributed by atoms with van der Waals surface area (Å²) in [5.41, 5.74) is 0.949. The lowest BCUT2D eigenvalue weighted by molar-refractivity contribution is -0.00232. The van der Waals surface area contributed by atoms with Crippen molar-refractivity contribution in [3.8, 4) is 0 Å². The molecule has 0 aromatic carbocycles. The van der Waals surface area contributed by atoms with Gasteiger partial charge in [-0.1, -0.05) is 0 Å². The fraction of sp³-hybridized carbons (Fsp3) is 0.667. The van der Waals surface area contributed by atoms with Crippen LogP contribution in [0.3, 0.4) is 0 Å². The number of ether oxygens (including phenoxy) is 1. The number of nitrogens with one attached hydrogen (secondary N) is 1. The van der Waals surface area contributed by atoms with Gasteiger partial charge in [-0.25, -0.2) is 4.98 Å². The SMILES string of the molecule is Cc1nc(COC2CNC2)oc1C. The van der Waals surface area contributed by atoms with Gasteiger partial charge in [0.05, 0.1) is 11.8 Å². The van der Waals surface area contributed by atoms with Gasteiger partial charge in [0.2, 0.25) is 5.89 Å². The van der Waals surface area contributed by atoms with Crippen LogP contribution in [-0.2, 0) is 11.3 Å². The van der Waals surface area contributed by atoms with E-state index >= 15 is 0 Å². The van der Waals surface area contributed by atoms with Crippen LogP contribution in [0.4, 0.5) is 0 Å². The Morgan fingerprint density at radius 3 is 2.77 bits per heavy atom. The van der Waals surface area contributed by atoms with Gasteiger partial charge in [0.1, 0.15) is 12.4 Å². The van der Waals surface area contributed by atoms with E-state index in [-0.39, 0.29) is 0 Å². The van der Waals surface area contributed by atoms with Crippen LogP contribution in [0.25, 0.3) is 0 Å². The second-order valence-corrected chi connectivity index (χ2v) is 3.34. The van der Waals surface area contributed by atoms with Crippen molar-refractivity contribution in [3.05, 3.63) is 17.3 Å². The highest BCUT2D eigenvalue weighted by Crippen LogP contribution is 2.10. The van der Waals surface area contributed by atoms with E-state index in [0.717, 1.165) is 24.5 Å². The summed E-state index contributed by atoms with van der Waals surface area (Å²) in [5.74, 6) is 1.56. The number of aryl methyl sites for hydroxylation is 2. The van der Waals surface area contributed by atoms with Gasteiger partial charge in [0, 0.05) is 13.1 Å². The first kappa shape index (κ1) is 8.72. The van der Waals surface area contributed by atoms with Crippen LogP contribution < -0.4 is 5.32 Å². The van der Waals surface area contributed by atoms with Crippen LogP contribution in [0.5, 0.6) is 0 Å². The standard InChI is InChI=1S/C9H14N2O2/c1-6-7(2)13-9(11-6)5-12-8-3-10-4-8/h8,10H,3-5H2,1-2H3. The third-order valence-corrected chi connectivity index (χ3v) is 2.26. The Morgan fingerprint density at radius 1 is 1.54 bits per heavy atom. The van der Waals surface area contributed by atoms with Crippen molar-refractivity contribution in [2.24, 2.45) is 0 Å². The van der Waals surface area contributed by atoms with E-state index in [1.54, 1.807) is 0 Å². The van der Waals surface area contributed by atoms with E-state index in [1.165, 1.54) is 0 Å². The monoisotopic (exact) mass is 182 g/mol. The summed E-state index contributed by atoms with van der Waals surface area (Å²) < 4.78 is 10.9. The lowest BCUT2D eigenvalue weighted by Gasteiger charge is -2.26. The fourth-order valence-corrected chi connectivity index (χ4v) is 1.17. The summed E-state index contributed by atoms with van der Waals surface area (Å²) >= 11 is 0. The number of nitrogens with zero attached hydrogens (tertiary/aromatic N) is 1. The summed E-state index contributed by atoms with van der Waals surface area (Å²) in [5, 5.41) is 3.14. The average molecular weight is 182 g/mol. The summed E-state index contributed by atoms with van der Waals surface area (Å²) in [7, 11) is 0. The van der Waals surface area contributed by atoms with Crippen molar-refractivity contribution in [3.63, 3.8) is 0 Å². The fourth-order valence-electron chi connectivity index (χ4n) is 1.17. The molecule has 0 unspecified atom stereocenters. The third kappa shape index (κ3) is 1.89. The highest BCUT2D eigenvalue weighted by Gasteiger charge is 2.18. The minimum Gasteiger partial charge on any atom is -0.443 e. The Labute approximate surface area is 77.3 Å². The largest absolute Gasteiger partial charge is 0.443 e. The second kappa shape index (κ2) is 3.47. The summed E-state index contributed by atoms with van der Waals surface area (Å²) in [6, 6.07) is 0. The van der Waals surface area contributed by atoms with Crippen LogP contribution in [0.1, 0.15) is 17.3 Å². The van der Waals surface area contributed by atoms with Crippen molar-refractivity contribution >= 4 is 0 Å². The van der Waals surface area contributed by atoms with Crippen molar-refractivity contribution in [1.82, 2.24) is 10.3 Å². The first-order chi connectivity index (χ1) is 6.25. The van der Waals surface area contributed by atoms with Gasteiger partial charge in [0.15, 0.2) is 0 Å². The van der Waals surface area contributed by atoms with E-state index in [0.29, 0.717) is 18.6 Å². The molecule has 0 bridgehead atoms. The molecule has 1 aliphatic rings. The smallest absolute Gasteiger partial charge is 0.220 e. The molecule has 0 saturated carbocycles. The van der Waals surface area contributed by atoms with Gasteiger partial charge in [-0.05, 0) is 13.8 Å². The van der Waals surface area contributed by atoms with Crippen molar-refractivity contribution < 1.29 is 9.15 Å². The molecule has 1 fully saturated rings. The van der Waals surface area contributed by atoms with Gasteiger partial charge >= 0.3 is 0 Å². The summed E-state index contributed by atoms with van der Waals surface area (Å²) in [6.45, 7) is 6.22. The molecule has 0 amide bonds. The topological polar surface area (TPSA) is 47.3 Å². The molecule has 4 nitrogen and oxygen atoms in total. The average Bonchev–Trinajstić information content (AvgIpc) is 2.28. The number of hydrogen-bond donors (Lipinski definition) is 1. The molecular formula is C9H14N2O2. The van der Waals surface area contributed by atoms with Crippen molar-refractivity contribution in [2.75, 3.05) is 13.1 Å². The van der Waals surface area contributed by atoms with Crippen molar-refractivity contribution in [1.29, 1.82) is 0 Å². The molecule has 1 aromatic heterocycles. The van der Waals surface area contributed by atoms with Crippen LogP contribution >= 0.6 is 0 Å². The number of aromatic nitrogens is 1.